The summed E-state index contributed by atoms with van der Waals surface area (Å²) >= 11 is 0. The summed E-state index contributed by atoms with van der Waals surface area (Å²) in [6, 6.07) is 0. The fourth-order valence-corrected chi connectivity index (χ4v) is 5.26. The number of ether oxygens (including phenoxy) is 2. The van der Waals surface area contributed by atoms with Crippen molar-refractivity contribution in [2.45, 2.75) is 155 Å². The first-order valence-corrected chi connectivity index (χ1v) is 20.7. The molecule has 0 aromatic carbocycles. The van der Waals surface area contributed by atoms with Gasteiger partial charge in [0.05, 0.1) is 12.7 Å². The third-order valence-electron chi connectivity index (χ3n) is 7.76. The number of rotatable bonds is 33. The van der Waals surface area contributed by atoms with Gasteiger partial charge in [0.2, 0.25) is 0 Å². The fourth-order valence-electron chi connectivity index (χ4n) is 4.90. The maximum Gasteiger partial charge on any atom is 0.469 e. The number of carbonyl (C=O) groups excluding carboxylic acids is 2. The first kappa shape index (κ1) is 48.5. The van der Waals surface area contributed by atoms with Crippen LogP contribution in [0.2, 0.25) is 0 Å². The molecule has 2 atom stereocenters. The average Bonchev–Trinajstić information content (AvgIpc) is 3.07. The van der Waals surface area contributed by atoms with E-state index in [0.29, 0.717) is 19.3 Å². The van der Waals surface area contributed by atoms with Crippen LogP contribution in [0.25, 0.3) is 0 Å². The molecule has 0 aromatic rings. The van der Waals surface area contributed by atoms with Gasteiger partial charge in [0.1, 0.15) is 6.61 Å². The van der Waals surface area contributed by atoms with Gasteiger partial charge in [-0.2, -0.15) is 0 Å². The smallest absolute Gasteiger partial charge is 0.462 e. The standard InChI is InChI=1S/C41H69O9P/c1-4-5-25-31-38(42)32-27-22-18-14-9-7-6-8-10-16-20-24-29-34-41(44)50-39(36-49-51(45,46)47)35-48-40(43)33-28-23-19-15-12-11-13-17-21-26-30-37(2)3/h5,7-10,18,20,22,24-25,27,32,37-39,42H,4,6,11-17,19,21,23,26,28-31,33-36H2,1-3H3,(H2,45,46,47)/b9-7-,10-8-,22-18+,24-20-,25-5-,32-27+/t38?,39-/m1/s1. The quantitative estimate of drug-likeness (QED) is 0.0197. The van der Waals surface area contributed by atoms with Crippen molar-refractivity contribution >= 4 is 19.8 Å². The van der Waals surface area contributed by atoms with Gasteiger partial charge in [0.25, 0.3) is 0 Å². The number of carbonyl (C=O) groups is 2. The molecule has 0 saturated carbocycles. The van der Waals surface area contributed by atoms with Gasteiger partial charge in [-0.1, -0.05) is 158 Å². The van der Waals surface area contributed by atoms with Crippen molar-refractivity contribution in [3.05, 3.63) is 72.9 Å². The van der Waals surface area contributed by atoms with Crippen molar-refractivity contribution in [1.29, 1.82) is 0 Å². The molecule has 292 valence electrons. The SMILES string of the molecule is CC/C=C\CC(O)/C=C/C=C/C/C=C\C/C=C\C/C=C\CCC(=O)O[C@H](COC(=O)CCCCCCCCCCCCC(C)C)COP(=O)(O)O. The predicted octanol–water partition coefficient (Wildman–Crippen LogP) is 10.3. The minimum atomic E-state index is -4.78. The summed E-state index contributed by atoms with van der Waals surface area (Å²) in [5.74, 6) is -0.219. The zero-order valence-corrected chi connectivity index (χ0v) is 32.6. The predicted molar refractivity (Wildman–Crippen MR) is 208 cm³/mol. The zero-order valence-electron chi connectivity index (χ0n) is 31.7. The normalized spacial score (nSPS) is 14.0. The molecule has 51 heavy (non-hydrogen) atoms. The lowest BCUT2D eigenvalue weighted by Crippen LogP contribution is -2.29. The molecule has 10 heteroatoms. The van der Waals surface area contributed by atoms with Crippen molar-refractivity contribution in [3.8, 4) is 0 Å². The maximum absolute atomic E-state index is 12.3. The lowest BCUT2D eigenvalue weighted by Gasteiger charge is -2.18. The van der Waals surface area contributed by atoms with Crippen molar-refractivity contribution in [3.63, 3.8) is 0 Å². The van der Waals surface area contributed by atoms with Gasteiger partial charge in [0, 0.05) is 12.8 Å². The molecule has 1 unspecified atom stereocenters. The number of aliphatic hydroxyl groups excluding tert-OH is 1. The molecule has 0 fully saturated rings. The summed E-state index contributed by atoms with van der Waals surface area (Å²) in [5, 5.41) is 9.80. The van der Waals surface area contributed by atoms with Crippen LogP contribution in [-0.2, 0) is 28.2 Å². The highest BCUT2D eigenvalue weighted by Crippen LogP contribution is 2.36. The molecule has 9 nitrogen and oxygen atoms in total. The second-order valence-corrected chi connectivity index (χ2v) is 14.4. The number of esters is 2. The van der Waals surface area contributed by atoms with Crippen molar-refractivity contribution in [1.82, 2.24) is 0 Å². The molecule has 0 rings (SSSR count). The molecule has 0 aliphatic heterocycles. The van der Waals surface area contributed by atoms with E-state index in [0.717, 1.165) is 50.9 Å². The van der Waals surface area contributed by atoms with E-state index < -0.39 is 38.6 Å². The van der Waals surface area contributed by atoms with Gasteiger partial charge in [0.15, 0.2) is 6.10 Å². The van der Waals surface area contributed by atoms with Gasteiger partial charge in [-0.3, -0.25) is 14.1 Å². The number of unbranched alkanes of at least 4 members (excludes halogenated alkanes) is 9. The molecule has 0 heterocycles. The van der Waals surface area contributed by atoms with E-state index in [1.807, 2.05) is 48.6 Å². The number of phosphoric ester groups is 1. The Balaban J connectivity index is 4.16. The highest BCUT2D eigenvalue weighted by atomic mass is 31.2. The summed E-state index contributed by atoms with van der Waals surface area (Å²) < 4.78 is 26.2. The third-order valence-corrected chi connectivity index (χ3v) is 8.25. The summed E-state index contributed by atoms with van der Waals surface area (Å²) in [5.41, 5.74) is 0. The summed E-state index contributed by atoms with van der Waals surface area (Å²) in [4.78, 5) is 42.7. The van der Waals surface area contributed by atoms with Gasteiger partial charge in [-0.15, -0.1) is 0 Å². The maximum atomic E-state index is 12.3. The van der Waals surface area contributed by atoms with Crippen LogP contribution in [0.1, 0.15) is 143 Å². The Morgan fingerprint density at radius 1 is 0.667 bits per heavy atom. The Hall–Kier alpha value is -2.55. The molecule has 0 aromatic heterocycles. The van der Waals surface area contributed by atoms with E-state index in [1.54, 1.807) is 6.08 Å². The van der Waals surface area contributed by atoms with E-state index in [9.17, 15) is 19.3 Å². The van der Waals surface area contributed by atoms with Gasteiger partial charge < -0.3 is 24.4 Å². The highest BCUT2D eigenvalue weighted by Gasteiger charge is 2.22. The molecular weight excluding hydrogens is 667 g/mol. The van der Waals surface area contributed by atoms with Crippen LogP contribution in [0.5, 0.6) is 0 Å². The number of aliphatic hydroxyl groups is 1. The lowest BCUT2D eigenvalue weighted by molar-refractivity contribution is -0.161. The van der Waals surface area contributed by atoms with E-state index in [2.05, 4.69) is 43.5 Å². The lowest BCUT2D eigenvalue weighted by atomic mass is 10.0. The van der Waals surface area contributed by atoms with Crippen LogP contribution in [-0.4, -0.2) is 52.3 Å². The molecule has 3 N–H and O–H groups in total. The largest absolute Gasteiger partial charge is 0.469 e. The molecule has 0 saturated heterocycles. The van der Waals surface area contributed by atoms with Crippen LogP contribution in [0.15, 0.2) is 72.9 Å². The topological polar surface area (TPSA) is 140 Å². The van der Waals surface area contributed by atoms with E-state index >= 15 is 0 Å². The van der Waals surface area contributed by atoms with Crippen molar-refractivity contribution < 1.29 is 43.0 Å². The first-order chi connectivity index (χ1) is 24.5. The molecule has 0 amide bonds. The molecule has 0 radical (unpaired) electrons. The number of allylic oxidation sites excluding steroid dienone is 10. The van der Waals surface area contributed by atoms with Gasteiger partial charge >= 0.3 is 19.8 Å². The number of phosphoric acid groups is 1. The first-order valence-electron chi connectivity index (χ1n) is 19.2. The molecule has 0 spiro atoms. The molecular formula is C41H69O9P. The Bertz CT molecular complexity index is 1080. The summed E-state index contributed by atoms with van der Waals surface area (Å²) in [7, 11) is -4.78. The second kappa shape index (κ2) is 34.5. The molecule has 0 aliphatic rings. The van der Waals surface area contributed by atoms with Gasteiger partial charge in [-0.05, 0) is 50.9 Å². The Labute approximate surface area is 309 Å². The Morgan fingerprint density at radius 2 is 1.24 bits per heavy atom. The monoisotopic (exact) mass is 736 g/mol. The van der Waals surface area contributed by atoms with Crippen molar-refractivity contribution in [2.24, 2.45) is 5.92 Å². The zero-order chi connectivity index (χ0) is 37.8. The van der Waals surface area contributed by atoms with Crippen LogP contribution >= 0.6 is 7.82 Å². The molecule has 0 aliphatic carbocycles. The Morgan fingerprint density at radius 3 is 1.82 bits per heavy atom. The Kier molecular flexibility index (Phi) is 32.8. The fraction of sp³-hybridized carbons (Fsp3) is 0.659. The minimum absolute atomic E-state index is 0.0685. The van der Waals surface area contributed by atoms with Crippen LogP contribution in [0, 0.1) is 5.92 Å². The number of hydrogen-bond donors (Lipinski definition) is 3. The van der Waals surface area contributed by atoms with Crippen LogP contribution < -0.4 is 0 Å². The van der Waals surface area contributed by atoms with Crippen LogP contribution in [0.3, 0.4) is 0 Å². The summed E-state index contributed by atoms with van der Waals surface area (Å²) in [6.07, 6.45) is 39.7. The van der Waals surface area contributed by atoms with Crippen molar-refractivity contribution in [2.75, 3.05) is 13.2 Å². The van der Waals surface area contributed by atoms with Gasteiger partial charge in [-0.25, -0.2) is 4.57 Å². The minimum Gasteiger partial charge on any atom is -0.462 e. The highest BCUT2D eigenvalue weighted by molar-refractivity contribution is 7.46. The summed E-state index contributed by atoms with van der Waals surface area (Å²) in [6.45, 7) is 5.70. The average molecular weight is 737 g/mol. The third kappa shape index (κ3) is 38.5. The number of hydrogen-bond acceptors (Lipinski definition) is 7. The van der Waals surface area contributed by atoms with E-state index in [1.165, 1.54) is 44.9 Å². The molecule has 0 bridgehead atoms. The second-order valence-electron chi connectivity index (χ2n) is 13.2. The van der Waals surface area contributed by atoms with E-state index in [-0.39, 0.29) is 19.4 Å². The van der Waals surface area contributed by atoms with E-state index in [4.69, 9.17) is 19.3 Å². The van der Waals surface area contributed by atoms with Crippen LogP contribution in [0.4, 0.5) is 0 Å².